The van der Waals surface area contributed by atoms with Gasteiger partial charge in [0.1, 0.15) is 0 Å². The molecule has 0 radical (unpaired) electrons. The third-order valence-electron chi connectivity index (χ3n) is 2.49. The van der Waals surface area contributed by atoms with Crippen LogP contribution < -0.4 is 9.88 Å². The molecule has 1 heterocycles. The molecule has 1 rings (SSSR count). The lowest BCUT2D eigenvalue weighted by Crippen LogP contribution is -2.18. The molecule has 1 nitrogen and oxygen atoms in total. The Balaban J connectivity index is 0. The van der Waals surface area contributed by atoms with Crippen molar-refractivity contribution in [1.29, 1.82) is 0 Å². The SMILES string of the molecule is C=c1sc(C)n/c1=C/C=C\C.CC.CCCCCCC. The molecule has 0 aliphatic heterocycles. The van der Waals surface area contributed by atoms with E-state index < -0.39 is 0 Å². The van der Waals surface area contributed by atoms with Crippen LogP contribution in [0.4, 0.5) is 0 Å². The second-order valence-corrected chi connectivity index (χ2v) is 5.58. The van der Waals surface area contributed by atoms with E-state index in [2.05, 4.69) is 25.4 Å². The summed E-state index contributed by atoms with van der Waals surface area (Å²) in [5.74, 6) is 0. The molecule has 0 N–H and O–H groups in total. The van der Waals surface area contributed by atoms with E-state index in [4.69, 9.17) is 0 Å². The lowest BCUT2D eigenvalue weighted by atomic mass is 10.2. The van der Waals surface area contributed by atoms with Crippen molar-refractivity contribution in [2.75, 3.05) is 0 Å². The average Bonchev–Trinajstić information content (AvgIpc) is 2.78. The Bertz CT molecular complexity index is 425. The van der Waals surface area contributed by atoms with Gasteiger partial charge in [0.05, 0.1) is 10.4 Å². The van der Waals surface area contributed by atoms with Gasteiger partial charge in [0.25, 0.3) is 0 Å². The minimum absolute atomic E-state index is 0.991. The van der Waals surface area contributed by atoms with Gasteiger partial charge in [-0.1, -0.05) is 78.5 Å². The molecule has 20 heavy (non-hydrogen) atoms. The van der Waals surface area contributed by atoms with Crippen LogP contribution >= 0.6 is 11.3 Å². The topological polar surface area (TPSA) is 12.9 Å². The average molecular weight is 296 g/mol. The number of rotatable bonds is 5. The van der Waals surface area contributed by atoms with Crippen LogP contribution in [0, 0.1) is 6.92 Å². The Labute approximate surface area is 130 Å². The number of thiazole rings is 1. The Morgan fingerprint density at radius 2 is 1.65 bits per heavy atom. The molecule has 1 aromatic heterocycles. The molecule has 0 saturated carbocycles. The van der Waals surface area contributed by atoms with Crippen molar-refractivity contribution in [3.63, 3.8) is 0 Å². The molecule has 0 amide bonds. The number of aryl methyl sites for hydroxylation is 1. The zero-order chi connectivity index (χ0) is 15.8. The number of hydrogen-bond acceptors (Lipinski definition) is 2. The first-order valence-electron chi connectivity index (χ1n) is 7.91. The molecular weight excluding hydrogens is 262 g/mol. The molecule has 0 atom stereocenters. The fourth-order valence-corrected chi connectivity index (χ4v) is 2.20. The van der Waals surface area contributed by atoms with Crippen LogP contribution in [0.15, 0.2) is 12.2 Å². The highest BCUT2D eigenvalue weighted by molar-refractivity contribution is 7.09. The molecule has 0 bridgehead atoms. The molecule has 0 unspecified atom stereocenters. The molecule has 1 aromatic rings. The Morgan fingerprint density at radius 1 is 1.10 bits per heavy atom. The summed E-state index contributed by atoms with van der Waals surface area (Å²) in [6.07, 6.45) is 12.9. The highest BCUT2D eigenvalue weighted by atomic mass is 32.1. The van der Waals surface area contributed by atoms with Crippen molar-refractivity contribution in [3.05, 3.63) is 27.0 Å². The van der Waals surface area contributed by atoms with Crippen LogP contribution in [0.3, 0.4) is 0 Å². The monoisotopic (exact) mass is 295 g/mol. The summed E-state index contributed by atoms with van der Waals surface area (Å²) in [7, 11) is 0. The van der Waals surface area contributed by atoms with Crippen molar-refractivity contribution in [2.45, 2.75) is 73.6 Å². The molecule has 0 aliphatic carbocycles. The summed E-state index contributed by atoms with van der Waals surface area (Å²) >= 11 is 1.63. The minimum Gasteiger partial charge on any atom is -0.242 e. The summed E-state index contributed by atoms with van der Waals surface area (Å²) in [6, 6.07) is 0. The van der Waals surface area contributed by atoms with Crippen molar-refractivity contribution in [1.82, 2.24) is 4.98 Å². The molecule has 2 heteroatoms. The largest absolute Gasteiger partial charge is 0.242 e. The van der Waals surface area contributed by atoms with E-state index in [-0.39, 0.29) is 0 Å². The maximum absolute atomic E-state index is 4.30. The predicted octanol–water partition coefficient (Wildman–Crippen LogP) is 5.22. The minimum atomic E-state index is 0.991. The molecule has 0 saturated heterocycles. The summed E-state index contributed by atoms with van der Waals surface area (Å²) < 4.78 is 1.04. The first-order chi connectivity index (χ1) is 9.65. The van der Waals surface area contributed by atoms with Gasteiger partial charge in [0.15, 0.2) is 0 Å². The third-order valence-corrected chi connectivity index (χ3v) is 3.33. The number of aromatic nitrogens is 1. The predicted molar refractivity (Wildman–Crippen MR) is 96.7 cm³/mol. The van der Waals surface area contributed by atoms with Gasteiger partial charge in [-0.25, -0.2) is 4.98 Å². The van der Waals surface area contributed by atoms with Gasteiger partial charge in [-0.3, -0.25) is 0 Å². The zero-order valence-corrected chi connectivity index (χ0v) is 15.1. The van der Waals surface area contributed by atoms with E-state index in [0.29, 0.717) is 0 Å². The third kappa shape index (κ3) is 12.2. The molecule has 0 spiro atoms. The molecule has 0 fully saturated rings. The summed E-state index contributed by atoms with van der Waals surface area (Å²) in [4.78, 5) is 4.30. The summed E-state index contributed by atoms with van der Waals surface area (Å²) in [5.41, 5.74) is 0. The second kappa shape index (κ2) is 16.2. The van der Waals surface area contributed by atoms with Gasteiger partial charge in [0.2, 0.25) is 0 Å². The normalized spacial score (nSPS) is 10.8. The van der Waals surface area contributed by atoms with Gasteiger partial charge < -0.3 is 0 Å². The van der Waals surface area contributed by atoms with Gasteiger partial charge in [0, 0.05) is 4.53 Å². The van der Waals surface area contributed by atoms with Crippen LogP contribution in [0.5, 0.6) is 0 Å². The maximum Gasteiger partial charge on any atom is 0.0907 e. The van der Waals surface area contributed by atoms with E-state index in [0.717, 1.165) is 14.9 Å². The van der Waals surface area contributed by atoms with Crippen molar-refractivity contribution >= 4 is 24.0 Å². The first-order valence-corrected chi connectivity index (χ1v) is 8.72. The van der Waals surface area contributed by atoms with E-state index in [1.54, 1.807) is 11.3 Å². The van der Waals surface area contributed by atoms with E-state index in [1.807, 2.05) is 45.9 Å². The molecular formula is C18H33NS. The van der Waals surface area contributed by atoms with Crippen LogP contribution in [0.25, 0.3) is 12.7 Å². The van der Waals surface area contributed by atoms with E-state index >= 15 is 0 Å². The van der Waals surface area contributed by atoms with Crippen LogP contribution in [-0.2, 0) is 0 Å². The molecule has 0 aromatic carbocycles. The smallest absolute Gasteiger partial charge is 0.0907 e. The van der Waals surface area contributed by atoms with Gasteiger partial charge >= 0.3 is 0 Å². The highest BCUT2D eigenvalue weighted by Gasteiger charge is 1.88. The highest BCUT2D eigenvalue weighted by Crippen LogP contribution is 2.00. The van der Waals surface area contributed by atoms with Crippen LogP contribution in [-0.4, -0.2) is 4.98 Å². The molecule has 0 aliphatic rings. The lowest BCUT2D eigenvalue weighted by Gasteiger charge is -1.90. The summed E-state index contributed by atoms with van der Waals surface area (Å²) in [5, 5.41) is 2.07. The quantitative estimate of drug-likeness (QED) is 0.679. The first kappa shape index (κ1) is 21.4. The number of unbranched alkanes of at least 4 members (excludes halogenated alkanes) is 4. The lowest BCUT2D eigenvalue weighted by molar-refractivity contribution is 0.656. The fraction of sp³-hybridized carbons (Fsp3) is 0.611. The summed E-state index contributed by atoms with van der Waals surface area (Å²) in [6.45, 7) is 16.4. The van der Waals surface area contributed by atoms with Gasteiger partial charge in [-0.05, 0) is 19.9 Å². The van der Waals surface area contributed by atoms with Crippen LogP contribution in [0.2, 0.25) is 0 Å². The van der Waals surface area contributed by atoms with E-state index in [1.165, 1.54) is 32.1 Å². The van der Waals surface area contributed by atoms with Gasteiger partial charge in [-0.15, -0.1) is 11.3 Å². The second-order valence-electron chi connectivity index (χ2n) is 4.29. The standard InChI is InChI=1S/C9H11NS.C7H16.C2H6/c1-4-5-6-9-7(2)11-8(3)10-9;1-3-5-7-6-4-2;1-2/h4-6H,2H2,1,3H3;3-7H2,1-2H3;1-2H3/b5-4-,9-6+;;. The Morgan fingerprint density at radius 3 is 2.00 bits per heavy atom. The van der Waals surface area contributed by atoms with E-state index in [9.17, 15) is 0 Å². The van der Waals surface area contributed by atoms with Crippen molar-refractivity contribution in [2.24, 2.45) is 0 Å². The van der Waals surface area contributed by atoms with Crippen molar-refractivity contribution < 1.29 is 0 Å². The fourth-order valence-electron chi connectivity index (χ4n) is 1.48. The van der Waals surface area contributed by atoms with Crippen LogP contribution in [0.1, 0.15) is 71.7 Å². The molecule has 116 valence electrons. The maximum atomic E-state index is 4.30. The van der Waals surface area contributed by atoms with Gasteiger partial charge in [-0.2, -0.15) is 0 Å². The number of allylic oxidation sites excluding steroid dienone is 2. The van der Waals surface area contributed by atoms with Crippen molar-refractivity contribution in [3.8, 4) is 0 Å². The number of nitrogens with zero attached hydrogens (tertiary/aromatic N) is 1. The Kier molecular flexibility index (Phi) is 17.3. The number of hydrogen-bond donors (Lipinski definition) is 0. The zero-order valence-electron chi connectivity index (χ0n) is 14.3. The Hall–Kier alpha value is -0.890.